The van der Waals surface area contributed by atoms with E-state index in [1.165, 1.54) is 23.8 Å². The maximum absolute atomic E-state index is 12.3. The fourth-order valence-corrected chi connectivity index (χ4v) is 2.75. The molecule has 0 fully saturated rings. The van der Waals surface area contributed by atoms with Crippen molar-refractivity contribution in [3.8, 4) is 0 Å². The van der Waals surface area contributed by atoms with E-state index in [0.29, 0.717) is 6.61 Å². The van der Waals surface area contributed by atoms with Gasteiger partial charge in [0.1, 0.15) is 11.7 Å². The SMILES string of the molecule is O=C(NC[C@@H]1OCCc2ccccc21)c1ccccc1[N+](=O)[O-]. The summed E-state index contributed by atoms with van der Waals surface area (Å²) >= 11 is 0. The largest absolute Gasteiger partial charge is 0.371 e. The molecule has 0 bridgehead atoms. The zero-order valence-electron chi connectivity index (χ0n) is 12.4. The zero-order chi connectivity index (χ0) is 16.2. The van der Waals surface area contributed by atoms with E-state index < -0.39 is 10.8 Å². The topological polar surface area (TPSA) is 81.5 Å². The zero-order valence-corrected chi connectivity index (χ0v) is 12.4. The third-order valence-corrected chi connectivity index (χ3v) is 3.89. The van der Waals surface area contributed by atoms with Crippen LogP contribution >= 0.6 is 0 Å². The summed E-state index contributed by atoms with van der Waals surface area (Å²) in [5.74, 6) is -0.469. The Hall–Kier alpha value is -2.73. The lowest BCUT2D eigenvalue weighted by Crippen LogP contribution is -2.32. The second-order valence-electron chi connectivity index (χ2n) is 5.29. The molecular formula is C17H16N2O4. The highest BCUT2D eigenvalue weighted by atomic mass is 16.6. The lowest BCUT2D eigenvalue weighted by Gasteiger charge is -2.26. The standard InChI is InChI=1S/C17H16N2O4/c20-17(14-7-3-4-8-15(14)19(21)22)18-11-16-13-6-2-1-5-12(13)9-10-23-16/h1-8,16H,9-11H2,(H,18,20)/t16-/m0/s1. The van der Waals surface area contributed by atoms with Crippen molar-refractivity contribution in [1.82, 2.24) is 5.32 Å². The Labute approximate surface area is 133 Å². The fraction of sp³-hybridized carbons (Fsp3) is 0.235. The number of fused-ring (bicyclic) bond motifs is 1. The van der Waals surface area contributed by atoms with E-state index in [1.807, 2.05) is 18.2 Å². The number of carbonyl (C=O) groups excluding carboxylic acids is 1. The van der Waals surface area contributed by atoms with Gasteiger partial charge in [0.05, 0.1) is 11.5 Å². The summed E-state index contributed by atoms with van der Waals surface area (Å²) in [4.78, 5) is 22.7. The van der Waals surface area contributed by atoms with Gasteiger partial charge in [-0.2, -0.15) is 0 Å². The summed E-state index contributed by atoms with van der Waals surface area (Å²) in [5.41, 5.74) is 2.13. The van der Waals surface area contributed by atoms with Crippen molar-refractivity contribution >= 4 is 11.6 Å². The molecule has 0 unspecified atom stereocenters. The first-order valence-corrected chi connectivity index (χ1v) is 7.38. The Balaban J connectivity index is 1.72. The van der Waals surface area contributed by atoms with Crippen LogP contribution in [0.15, 0.2) is 48.5 Å². The lowest BCUT2D eigenvalue weighted by atomic mass is 9.97. The minimum absolute atomic E-state index is 0.0570. The van der Waals surface area contributed by atoms with Crippen molar-refractivity contribution in [2.45, 2.75) is 12.5 Å². The van der Waals surface area contributed by atoms with E-state index >= 15 is 0 Å². The van der Waals surface area contributed by atoms with Crippen molar-refractivity contribution in [2.75, 3.05) is 13.2 Å². The van der Waals surface area contributed by atoms with Gasteiger partial charge in [-0.05, 0) is 23.6 Å². The number of hydrogen-bond acceptors (Lipinski definition) is 4. The van der Waals surface area contributed by atoms with E-state index in [2.05, 4.69) is 11.4 Å². The maximum atomic E-state index is 12.3. The van der Waals surface area contributed by atoms with Gasteiger partial charge in [-0.1, -0.05) is 36.4 Å². The number of nitrogens with zero attached hydrogens (tertiary/aromatic N) is 1. The molecule has 6 heteroatoms. The molecule has 1 aliphatic heterocycles. The number of para-hydroxylation sites is 1. The number of benzene rings is 2. The van der Waals surface area contributed by atoms with Gasteiger partial charge in [-0.3, -0.25) is 14.9 Å². The molecule has 0 spiro atoms. The van der Waals surface area contributed by atoms with Crippen LogP contribution in [0.4, 0.5) is 5.69 Å². The van der Waals surface area contributed by atoms with Gasteiger partial charge in [-0.15, -0.1) is 0 Å². The molecule has 0 radical (unpaired) electrons. The molecule has 3 rings (SSSR count). The summed E-state index contributed by atoms with van der Waals surface area (Å²) in [5, 5.41) is 13.7. The molecule has 0 aliphatic carbocycles. The number of rotatable bonds is 4. The molecule has 1 aliphatic rings. The van der Waals surface area contributed by atoms with Crippen molar-refractivity contribution in [2.24, 2.45) is 0 Å². The third-order valence-electron chi connectivity index (χ3n) is 3.89. The highest BCUT2D eigenvalue weighted by molar-refractivity contribution is 5.98. The molecule has 2 aromatic carbocycles. The van der Waals surface area contributed by atoms with Crippen molar-refractivity contribution in [1.29, 1.82) is 0 Å². The second-order valence-corrected chi connectivity index (χ2v) is 5.29. The Morgan fingerprint density at radius 2 is 1.96 bits per heavy atom. The Morgan fingerprint density at radius 1 is 1.22 bits per heavy atom. The number of hydrogen-bond donors (Lipinski definition) is 1. The van der Waals surface area contributed by atoms with Gasteiger partial charge >= 0.3 is 0 Å². The monoisotopic (exact) mass is 312 g/mol. The highest BCUT2D eigenvalue weighted by Gasteiger charge is 2.23. The molecule has 0 saturated carbocycles. The minimum Gasteiger partial charge on any atom is -0.371 e. The quantitative estimate of drug-likeness (QED) is 0.695. The van der Waals surface area contributed by atoms with Crippen LogP contribution in [0.3, 0.4) is 0 Å². The first kappa shape index (κ1) is 15.2. The van der Waals surface area contributed by atoms with E-state index in [0.717, 1.165) is 12.0 Å². The molecule has 0 aromatic heterocycles. The van der Waals surface area contributed by atoms with E-state index in [-0.39, 0.29) is 23.9 Å². The number of amides is 1. The van der Waals surface area contributed by atoms with Gasteiger partial charge in [0.15, 0.2) is 0 Å². The first-order valence-electron chi connectivity index (χ1n) is 7.38. The Bertz CT molecular complexity index is 745. The minimum atomic E-state index is -0.554. The number of ether oxygens (including phenoxy) is 1. The van der Waals surface area contributed by atoms with Crippen molar-refractivity contribution < 1.29 is 14.5 Å². The maximum Gasteiger partial charge on any atom is 0.282 e. The number of carbonyl (C=O) groups is 1. The van der Waals surface area contributed by atoms with Gasteiger partial charge in [0.2, 0.25) is 0 Å². The molecule has 23 heavy (non-hydrogen) atoms. The summed E-state index contributed by atoms with van der Waals surface area (Å²) < 4.78 is 5.72. The molecule has 1 atom stereocenters. The molecule has 1 N–H and O–H groups in total. The molecule has 1 amide bonds. The summed E-state index contributed by atoms with van der Waals surface area (Å²) in [6.45, 7) is 0.880. The van der Waals surface area contributed by atoms with Crippen LogP contribution < -0.4 is 5.32 Å². The van der Waals surface area contributed by atoms with Crippen LogP contribution in [0.25, 0.3) is 0 Å². The number of nitrogens with one attached hydrogen (secondary N) is 1. The normalized spacial score (nSPS) is 16.4. The van der Waals surface area contributed by atoms with Crippen LogP contribution in [0.2, 0.25) is 0 Å². The van der Waals surface area contributed by atoms with Crippen LogP contribution in [-0.4, -0.2) is 24.0 Å². The number of nitro groups is 1. The average molecular weight is 312 g/mol. The molecule has 0 saturated heterocycles. The van der Waals surface area contributed by atoms with E-state index in [4.69, 9.17) is 4.74 Å². The van der Waals surface area contributed by atoms with Crippen molar-refractivity contribution in [3.63, 3.8) is 0 Å². The second kappa shape index (κ2) is 6.58. The third kappa shape index (κ3) is 3.22. The molecular weight excluding hydrogens is 296 g/mol. The van der Waals surface area contributed by atoms with Gasteiger partial charge in [0, 0.05) is 12.6 Å². The van der Waals surface area contributed by atoms with Crippen LogP contribution in [0, 0.1) is 10.1 Å². The van der Waals surface area contributed by atoms with Crippen molar-refractivity contribution in [3.05, 3.63) is 75.3 Å². The smallest absolute Gasteiger partial charge is 0.282 e. The van der Waals surface area contributed by atoms with E-state index in [9.17, 15) is 14.9 Å². The van der Waals surface area contributed by atoms with Crippen LogP contribution in [-0.2, 0) is 11.2 Å². The van der Waals surface area contributed by atoms with Gasteiger partial charge < -0.3 is 10.1 Å². The predicted octanol–water partition coefficient (Wildman–Crippen LogP) is 2.64. The summed E-state index contributed by atoms with van der Waals surface area (Å²) in [7, 11) is 0. The number of nitro benzene ring substituents is 1. The van der Waals surface area contributed by atoms with Crippen LogP contribution in [0.5, 0.6) is 0 Å². The van der Waals surface area contributed by atoms with Gasteiger partial charge in [-0.25, -0.2) is 0 Å². The fourth-order valence-electron chi connectivity index (χ4n) is 2.75. The Morgan fingerprint density at radius 3 is 2.78 bits per heavy atom. The molecule has 6 nitrogen and oxygen atoms in total. The average Bonchev–Trinajstić information content (AvgIpc) is 2.59. The van der Waals surface area contributed by atoms with Crippen LogP contribution in [0.1, 0.15) is 27.6 Å². The van der Waals surface area contributed by atoms with E-state index in [1.54, 1.807) is 6.07 Å². The lowest BCUT2D eigenvalue weighted by molar-refractivity contribution is -0.385. The first-order chi connectivity index (χ1) is 11.2. The summed E-state index contributed by atoms with van der Waals surface area (Å²) in [6.07, 6.45) is 0.622. The summed E-state index contributed by atoms with van der Waals surface area (Å²) in [6, 6.07) is 13.9. The Kier molecular flexibility index (Phi) is 4.34. The highest BCUT2D eigenvalue weighted by Crippen LogP contribution is 2.26. The van der Waals surface area contributed by atoms with Gasteiger partial charge in [0.25, 0.3) is 11.6 Å². The molecule has 1 heterocycles. The molecule has 2 aromatic rings. The molecule has 118 valence electrons. The predicted molar refractivity (Wildman–Crippen MR) is 84.3 cm³/mol.